The predicted octanol–water partition coefficient (Wildman–Crippen LogP) is 0.371. The smallest absolute Gasteiger partial charge is 0.239 e. The Hall–Kier alpha value is -1.88. The third-order valence-corrected chi connectivity index (χ3v) is 2.75. The van der Waals surface area contributed by atoms with E-state index in [0.717, 1.165) is 12.0 Å². The highest BCUT2D eigenvalue weighted by molar-refractivity contribution is 5.88. The van der Waals surface area contributed by atoms with Crippen LogP contribution in [0.5, 0.6) is 0 Å². The van der Waals surface area contributed by atoms with Crippen LogP contribution in [-0.2, 0) is 9.59 Å². The summed E-state index contributed by atoms with van der Waals surface area (Å²) in [6, 6.07) is 9.31. The van der Waals surface area contributed by atoms with Gasteiger partial charge in [-0.2, -0.15) is 0 Å². The van der Waals surface area contributed by atoms with Gasteiger partial charge in [0.25, 0.3) is 0 Å². The van der Waals surface area contributed by atoms with Crippen LogP contribution in [0.15, 0.2) is 30.3 Å². The molecule has 1 unspecified atom stereocenters. The summed E-state index contributed by atoms with van der Waals surface area (Å²) in [4.78, 5) is 23.4. The zero-order chi connectivity index (χ0) is 14.1. The van der Waals surface area contributed by atoms with E-state index in [1.807, 2.05) is 37.3 Å². The van der Waals surface area contributed by atoms with Crippen LogP contribution in [0.4, 0.5) is 0 Å². The van der Waals surface area contributed by atoms with Crippen molar-refractivity contribution in [3.05, 3.63) is 35.9 Å². The number of amides is 2. The number of hydrogen-bond donors (Lipinski definition) is 3. The minimum Gasteiger partial charge on any atom is -0.355 e. The molecular weight excluding hydrogens is 242 g/mol. The van der Waals surface area contributed by atoms with Crippen molar-refractivity contribution < 1.29 is 9.59 Å². The quantitative estimate of drug-likeness (QED) is 0.664. The highest BCUT2D eigenvalue weighted by Gasteiger charge is 2.18. The van der Waals surface area contributed by atoms with Gasteiger partial charge in [0.15, 0.2) is 0 Å². The lowest BCUT2D eigenvalue weighted by Crippen LogP contribution is -2.40. The van der Waals surface area contributed by atoms with Gasteiger partial charge in [-0.25, -0.2) is 0 Å². The third-order valence-electron chi connectivity index (χ3n) is 2.75. The molecule has 19 heavy (non-hydrogen) atoms. The molecule has 0 radical (unpaired) electrons. The second-order valence-corrected chi connectivity index (χ2v) is 4.27. The first-order chi connectivity index (χ1) is 9.19. The molecule has 0 saturated heterocycles. The molecule has 0 aliphatic heterocycles. The Kier molecular flexibility index (Phi) is 6.60. The molecule has 4 N–H and O–H groups in total. The van der Waals surface area contributed by atoms with Crippen LogP contribution in [-0.4, -0.2) is 31.4 Å². The highest BCUT2D eigenvalue weighted by atomic mass is 16.2. The van der Waals surface area contributed by atoms with Gasteiger partial charge in [0.1, 0.15) is 0 Å². The Labute approximate surface area is 113 Å². The molecule has 0 aromatic heterocycles. The van der Waals surface area contributed by atoms with Gasteiger partial charge >= 0.3 is 0 Å². The molecule has 0 spiro atoms. The second-order valence-electron chi connectivity index (χ2n) is 4.27. The summed E-state index contributed by atoms with van der Waals surface area (Å²) in [5.74, 6) is -0.820. The average molecular weight is 263 g/mol. The van der Waals surface area contributed by atoms with E-state index in [4.69, 9.17) is 5.73 Å². The maximum absolute atomic E-state index is 12.0. The van der Waals surface area contributed by atoms with Gasteiger partial charge in [-0.05, 0) is 12.0 Å². The zero-order valence-corrected chi connectivity index (χ0v) is 11.2. The van der Waals surface area contributed by atoms with Gasteiger partial charge < -0.3 is 16.4 Å². The monoisotopic (exact) mass is 263 g/mol. The topological polar surface area (TPSA) is 84.2 Å². The Morgan fingerprint density at radius 3 is 2.47 bits per heavy atom. The van der Waals surface area contributed by atoms with Crippen LogP contribution in [0, 0.1) is 0 Å². The summed E-state index contributed by atoms with van der Waals surface area (Å²) in [6.07, 6.45) is 0.870. The first kappa shape index (κ1) is 15.2. The Balaban J connectivity index is 2.49. The fourth-order valence-electron chi connectivity index (χ4n) is 1.70. The van der Waals surface area contributed by atoms with Crippen LogP contribution in [0.3, 0.4) is 0 Å². The first-order valence-electron chi connectivity index (χ1n) is 6.48. The van der Waals surface area contributed by atoms with Crippen LogP contribution in [0.2, 0.25) is 0 Å². The lowest BCUT2D eigenvalue weighted by atomic mass is 9.98. The van der Waals surface area contributed by atoms with Crippen molar-refractivity contribution in [1.82, 2.24) is 10.6 Å². The van der Waals surface area contributed by atoms with Crippen molar-refractivity contribution in [3.8, 4) is 0 Å². The van der Waals surface area contributed by atoms with Crippen molar-refractivity contribution in [1.29, 1.82) is 0 Å². The minimum atomic E-state index is -0.417. The molecule has 0 heterocycles. The molecule has 5 nitrogen and oxygen atoms in total. The SMILES string of the molecule is CCCNC(=O)CNC(=O)C(CN)c1ccccc1. The summed E-state index contributed by atoms with van der Waals surface area (Å²) in [6.45, 7) is 2.79. The fraction of sp³-hybridized carbons (Fsp3) is 0.429. The van der Waals surface area contributed by atoms with Gasteiger partial charge in [-0.3, -0.25) is 9.59 Å². The third kappa shape index (κ3) is 5.09. The molecule has 1 aromatic carbocycles. The summed E-state index contributed by atoms with van der Waals surface area (Å²) in [7, 11) is 0. The Bertz CT molecular complexity index is 406. The summed E-state index contributed by atoms with van der Waals surface area (Å²) in [5, 5.41) is 5.31. The highest BCUT2D eigenvalue weighted by Crippen LogP contribution is 2.13. The molecule has 104 valence electrons. The number of rotatable bonds is 7. The summed E-state index contributed by atoms with van der Waals surface area (Å²) >= 11 is 0. The number of carbonyl (C=O) groups is 2. The van der Waals surface area contributed by atoms with E-state index in [-0.39, 0.29) is 24.9 Å². The maximum Gasteiger partial charge on any atom is 0.239 e. The number of nitrogens with one attached hydrogen (secondary N) is 2. The Morgan fingerprint density at radius 1 is 1.21 bits per heavy atom. The van der Waals surface area contributed by atoms with Crippen molar-refractivity contribution >= 4 is 11.8 Å². The van der Waals surface area contributed by atoms with Crippen molar-refractivity contribution in [3.63, 3.8) is 0 Å². The lowest BCUT2D eigenvalue weighted by Gasteiger charge is -2.15. The van der Waals surface area contributed by atoms with Crippen molar-refractivity contribution in [2.45, 2.75) is 19.3 Å². The van der Waals surface area contributed by atoms with Crippen molar-refractivity contribution in [2.24, 2.45) is 5.73 Å². The standard InChI is InChI=1S/C14H21N3O2/c1-2-8-16-13(18)10-17-14(19)12(9-15)11-6-4-3-5-7-11/h3-7,12H,2,8-10,15H2,1H3,(H,16,18)(H,17,19). The van der Waals surface area contributed by atoms with Crippen molar-refractivity contribution in [2.75, 3.05) is 19.6 Å². The minimum absolute atomic E-state index is 0.0117. The molecular formula is C14H21N3O2. The molecule has 1 aromatic rings. The number of hydrogen-bond acceptors (Lipinski definition) is 3. The second kappa shape index (κ2) is 8.26. The largest absolute Gasteiger partial charge is 0.355 e. The number of nitrogens with two attached hydrogens (primary N) is 1. The summed E-state index contributed by atoms with van der Waals surface area (Å²) < 4.78 is 0. The van der Waals surface area contributed by atoms with E-state index >= 15 is 0 Å². The lowest BCUT2D eigenvalue weighted by molar-refractivity contribution is -0.126. The molecule has 0 aliphatic carbocycles. The average Bonchev–Trinajstić information content (AvgIpc) is 2.45. The normalized spacial score (nSPS) is 11.7. The molecule has 1 rings (SSSR count). The van der Waals surface area contributed by atoms with Gasteiger partial charge in [0.05, 0.1) is 12.5 Å². The molecule has 2 amide bonds. The van der Waals surface area contributed by atoms with Crippen LogP contribution >= 0.6 is 0 Å². The number of benzene rings is 1. The molecule has 5 heteroatoms. The van der Waals surface area contributed by atoms with Gasteiger partial charge in [-0.15, -0.1) is 0 Å². The number of carbonyl (C=O) groups excluding carboxylic acids is 2. The Morgan fingerprint density at radius 2 is 1.89 bits per heavy atom. The first-order valence-corrected chi connectivity index (χ1v) is 6.48. The maximum atomic E-state index is 12.0. The van der Waals surface area contributed by atoms with Gasteiger partial charge in [0, 0.05) is 13.1 Å². The molecule has 0 aliphatic rings. The van der Waals surface area contributed by atoms with E-state index < -0.39 is 5.92 Å². The van der Waals surface area contributed by atoms with E-state index in [0.29, 0.717) is 6.54 Å². The summed E-state index contributed by atoms with van der Waals surface area (Å²) in [5.41, 5.74) is 6.49. The molecule has 0 fully saturated rings. The van der Waals surface area contributed by atoms with Crippen LogP contribution in [0.1, 0.15) is 24.8 Å². The zero-order valence-electron chi connectivity index (χ0n) is 11.2. The van der Waals surface area contributed by atoms with Gasteiger partial charge in [0.2, 0.25) is 11.8 Å². The van der Waals surface area contributed by atoms with E-state index in [1.54, 1.807) is 0 Å². The van der Waals surface area contributed by atoms with E-state index in [9.17, 15) is 9.59 Å². The van der Waals surface area contributed by atoms with Gasteiger partial charge in [-0.1, -0.05) is 37.3 Å². The van der Waals surface area contributed by atoms with E-state index in [2.05, 4.69) is 10.6 Å². The molecule has 0 bridgehead atoms. The van der Waals surface area contributed by atoms with E-state index in [1.165, 1.54) is 0 Å². The van der Waals surface area contributed by atoms with Crippen LogP contribution < -0.4 is 16.4 Å². The molecule has 0 saturated carbocycles. The van der Waals surface area contributed by atoms with Crippen LogP contribution in [0.25, 0.3) is 0 Å². The molecule has 1 atom stereocenters. The fourth-order valence-corrected chi connectivity index (χ4v) is 1.70. The predicted molar refractivity (Wildman–Crippen MR) is 74.5 cm³/mol.